The van der Waals surface area contributed by atoms with Crippen LogP contribution in [0.15, 0.2) is 48.9 Å². The first kappa shape index (κ1) is 20.6. The number of H-pyrrole nitrogens is 1. The molecule has 1 amide bonds. The van der Waals surface area contributed by atoms with Crippen LogP contribution in [0.25, 0.3) is 22.0 Å². The van der Waals surface area contributed by atoms with Crippen molar-refractivity contribution in [3.63, 3.8) is 0 Å². The van der Waals surface area contributed by atoms with Crippen LogP contribution in [0.3, 0.4) is 0 Å². The molecule has 158 valence electrons. The van der Waals surface area contributed by atoms with E-state index in [-0.39, 0.29) is 12.3 Å². The quantitative estimate of drug-likeness (QED) is 0.432. The maximum Gasteiger partial charge on any atom is 0.207 e. The van der Waals surface area contributed by atoms with Crippen LogP contribution in [0.4, 0.5) is 8.78 Å². The van der Waals surface area contributed by atoms with E-state index in [1.54, 1.807) is 18.6 Å². The zero-order chi connectivity index (χ0) is 22.0. The summed E-state index contributed by atoms with van der Waals surface area (Å²) in [4.78, 5) is 20.5. The van der Waals surface area contributed by atoms with Gasteiger partial charge in [-0.05, 0) is 36.1 Å². The lowest BCUT2D eigenvalue weighted by Crippen LogP contribution is -2.23. The zero-order valence-electron chi connectivity index (χ0n) is 17.1. The molecule has 0 radical (unpaired) electrons. The lowest BCUT2D eigenvalue weighted by atomic mass is 9.94. The van der Waals surface area contributed by atoms with Crippen LogP contribution in [0.2, 0.25) is 0 Å². The molecular weight excluding hydrogens is 400 g/mol. The van der Waals surface area contributed by atoms with E-state index in [0.29, 0.717) is 17.7 Å². The molecule has 0 aliphatic rings. The first-order chi connectivity index (χ1) is 15.0. The van der Waals surface area contributed by atoms with Crippen molar-refractivity contribution in [1.29, 1.82) is 0 Å². The first-order valence-electron chi connectivity index (χ1n) is 9.89. The Morgan fingerprint density at radius 2 is 1.84 bits per heavy atom. The van der Waals surface area contributed by atoms with E-state index in [4.69, 9.17) is 0 Å². The van der Waals surface area contributed by atoms with Gasteiger partial charge >= 0.3 is 0 Å². The number of pyridine rings is 2. The average molecular weight is 421 g/mol. The molecule has 1 atom stereocenters. The van der Waals surface area contributed by atoms with E-state index < -0.39 is 17.7 Å². The molecule has 0 bridgehead atoms. The van der Waals surface area contributed by atoms with E-state index in [0.717, 1.165) is 33.8 Å². The standard InChI is InChI=1S/C23H21F2N5O/c1-13(2)19-4-3-15(9-26-19)22-18-10-29-30-21(18)11-27-23(22)20(28-12-31)7-14-5-16(24)8-17(25)6-14/h3-6,8-13,20H,7H2,1-2H3,(H,28,31)(H,29,30). The molecule has 0 saturated carbocycles. The van der Waals surface area contributed by atoms with Crippen LogP contribution in [0, 0.1) is 11.6 Å². The number of aromatic amines is 1. The largest absolute Gasteiger partial charge is 0.350 e. The van der Waals surface area contributed by atoms with Crippen molar-refractivity contribution in [3.8, 4) is 11.1 Å². The Kier molecular flexibility index (Phi) is 5.70. The molecule has 31 heavy (non-hydrogen) atoms. The van der Waals surface area contributed by atoms with E-state index in [2.05, 4.69) is 39.3 Å². The smallest absolute Gasteiger partial charge is 0.207 e. The number of nitrogens with zero attached hydrogens (tertiary/aromatic N) is 3. The number of hydrogen-bond donors (Lipinski definition) is 2. The van der Waals surface area contributed by atoms with Gasteiger partial charge in [0.2, 0.25) is 6.41 Å². The molecule has 0 spiro atoms. The first-order valence-corrected chi connectivity index (χ1v) is 9.89. The lowest BCUT2D eigenvalue weighted by molar-refractivity contribution is -0.110. The van der Waals surface area contributed by atoms with Gasteiger partial charge in [-0.25, -0.2) is 8.78 Å². The van der Waals surface area contributed by atoms with Crippen molar-refractivity contribution in [3.05, 3.63) is 77.5 Å². The van der Waals surface area contributed by atoms with Crippen molar-refractivity contribution >= 4 is 17.3 Å². The molecule has 4 aromatic rings. The maximum atomic E-state index is 13.7. The van der Waals surface area contributed by atoms with Crippen LogP contribution in [-0.2, 0) is 11.2 Å². The van der Waals surface area contributed by atoms with Crippen LogP contribution < -0.4 is 5.32 Å². The SMILES string of the molecule is CC(C)c1ccc(-c2c(C(Cc3cc(F)cc(F)c3)NC=O)ncc3[nH]ncc23)cn1. The minimum absolute atomic E-state index is 0.161. The Hall–Kier alpha value is -3.68. The monoisotopic (exact) mass is 421 g/mol. The summed E-state index contributed by atoms with van der Waals surface area (Å²) in [6.45, 7) is 4.13. The van der Waals surface area contributed by atoms with Crippen molar-refractivity contribution < 1.29 is 13.6 Å². The fraction of sp³-hybridized carbons (Fsp3) is 0.217. The molecule has 0 saturated heterocycles. The molecule has 2 N–H and O–H groups in total. The molecule has 3 aromatic heterocycles. The Bertz CT molecular complexity index is 1200. The number of aromatic nitrogens is 4. The molecule has 4 rings (SSSR count). The van der Waals surface area contributed by atoms with Gasteiger partial charge in [0.05, 0.1) is 29.6 Å². The average Bonchev–Trinajstić information content (AvgIpc) is 3.21. The highest BCUT2D eigenvalue weighted by atomic mass is 19.1. The summed E-state index contributed by atoms with van der Waals surface area (Å²) in [6.07, 6.45) is 5.80. The van der Waals surface area contributed by atoms with Gasteiger partial charge in [0.1, 0.15) is 11.6 Å². The molecule has 1 aromatic carbocycles. The van der Waals surface area contributed by atoms with Crippen LogP contribution >= 0.6 is 0 Å². The number of hydrogen-bond acceptors (Lipinski definition) is 4. The van der Waals surface area contributed by atoms with Gasteiger partial charge in [-0.1, -0.05) is 19.9 Å². The fourth-order valence-corrected chi connectivity index (χ4v) is 3.67. The summed E-state index contributed by atoms with van der Waals surface area (Å²) < 4.78 is 27.4. The van der Waals surface area contributed by atoms with Crippen LogP contribution in [-0.4, -0.2) is 26.6 Å². The van der Waals surface area contributed by atoms with Gasteiger partial charge < -0.3 is 5.32 Å². The predicted octanol–water partition coefficient (Wildman–Crippen LogP) is 4.45. The van der Waals surface area contributed by atoms with Gasteiger partial charge in [0.15, 0.2) is 0 Å². The predicted molar refractivity (Wildman–Crippen MR) is 113 cm³/mol. The molecular formula is C23H21F2N5O. The summed E-state index contributed by atoms with van der Waals surface area (Å²) in [5.74, 6) is -1.07. The van der Waals surface area contributed by atoms with Crippen molar-refractivity contribution in [2.75, 3.05) is 0 Å². The summed E-state index contributed by atoms with van der Waals surface area (Å²) in [7, 11) is 0. The second kappa shape index (κ2) is 8.59. The highest BCUT2D eigenvalue weighted by Crippen LogP contribution is 2.34. The summed E-state index contributed by atoms with van der Waals surface area (Å²) in [5, 5.41) is 10.6. The van der Waals surface area contributed by atoms with E-state index in [9.17, 15) is 13.6 Å². The molecule has 8 heteroatoms. The maximum absolute atomic E-state index is 13.7. The minimum atomic E-state index is -0.674. The Labute approximate surface area is 177 Å². The zero-order valence-corrected chi connectivity index (χ0v) is 17.1. The number of rotatable bonds is 7. The normalized spacial score (nSPS) is 12.3. The third-order valence-corrected chi connectivity index (χ3v) is 5.16. The second-order valence-corrected chi connectivity index (χ2v) is 7.66. The van der Waals surface area contributed by atoms with Crippen molar-refractivity contribution in [2.45, 2.75) is 32.2 Å². The van der Waals surface area contributed by atoms with Gasteiger partial charge in [-0.15, -0.1) is 0 Å². The molecule has 0 aliphatic carbocycles. The van der Waals surface area contributed by atoms with E-state index in [1.165, 1.54) is 12.1 Å². The van der Waals surface area contributed by atoms with E-state index >= 15 is 0 Å². The van der Waals surface area contributed by atoms with Crippen molar-refractivity contribution in [2.24, 2.45) is 0 Å². The van der Waals surface area contributed by atoms with Crippen molar-refractivity contribution in [1.82, 2.24) is 25.5 Å². The summed E-state index contributed by atoms with van der Waals surface area (Å²) in [5.41, 5.74) is 4.21. The number of fused-ring (bicyclic) bond motifs is 1. The molecule has 0 fully saturated rings. The number of amides is 1. The van der Waals surface area contributed by atoms with Crippen LogP contribution in [0.1, 0.15) is 42.8 Å². The van der Waals surface area contributed by atoms with E-state index in [1.807, 2.05) is 12.1 Å². The molecule has 1 unspecified atom stereocenters. The van der Waals surface area contributed by atoms with Crippen LogP contribution in [0.5, 0.6) is 0 Å². The number of nitrogens with one attached hydrogen (secondary N) is 2. The third-order valence-electron chi connectivity index (χ3n) is 5.16. The number of halogens is 2. The molecule has 3 heterocycles. The topological polar surface area (TPSA) is 83.6 Å². The Morgan fingerprint density at radius 1 is 1.06 bits per heavy atom. The highest BCUT2D eigenvalue weighted by molar-refractivity contribution is 5.95. The fourth-order valence-electron chi connectivity index (χ4n) is 3.67. The number of carbonyl (C=O) groups excluding carboxylic acids is 1. The third kappa shape index (κ3) is 4.28. The Balaban J connectivity index is 1.84. The Morgan fingerprint density at radius 3 is 2.48 bits per heavy atom. The van der Waals surface area contributed by atoms with Gasteiger partial charge in [-0.2, -0.15) is 5.10 Å². The lowest BCUT2D eigenvalue weighted by Gasteiger charge is -2.20. The minimum Gasteiger partial charge on any atom is -0.350 e. The van der Waals surface area contributed by atoms with Gasteiger partial charge in [0, 0.05) is 34.5 Å². The molecule has 6 nitrogen and oxygen atoms in total. The second-order valence-electron chi connectivity index (χ2n) is 7.66. The van der Waals surface area contributed by atoms with Gasteiger partial charge in [-0.3, -0.25) is 19.9 Å². The summed E-state index contributed by atoms with van der Waals surface area (Å²) in [6, 6.07) is 6.60. The van der Waals surface area contributed by atoms with Gasteiger partial charge in [0.25, 0.3) is 0 Å². The number of benzene rings is 1. The molecule has 0 aliphatic heterocycles. The number of carbonyl (C=O) groups is 1. The summed E-state index contributed by atoms with van der Waals surface area (Å²) >= 11 is 0. The highest BCUT2D eigenvalue weighted by Gasteiger charge is 2.22.